The van der Waals surface area contributed by atoms with Gasteiger partial charge in [-0.2, -0.15) is 5.10 Å². The van der Waals surface area contributed by atoms with Crippen molar-refractivity contribution in [1.29, 1.82) is 0 Å². The van der Waals surface area contributed by atoms with Gasteiger partial charge in [0.25, 0.3) is 0 Å². The lowest BCUT2D eigenvalue weighted by Gasteiger charge is -2.14. The molecule has 0 radical (unpaired) electrons. The first-order valence-corrected chi connectivity index (χ1v) is 9.83. The van der Waals surface area contributed by atoms with Crippen LogP contribution in [0.3, 0.4) is 0 Å². The van der Waals surface area contributed by atoms with Gasteiger partial charge in [-0.3, -0.25) is 9.78 Å². The molecule has 4 rings (SSSR count). The predicted molar refractivity (Wildman–Crippen MR) is 119 cm³/mol. The Morgan fingerprint density at radius 3 is 2.55 bits per heavy atom. The maximum atomic E-state index is 13.4. The van der Waals surface area contributed by atoms with E-state index in [1.54, 1.807) is 47.2 Å². The topological polar surface area (TPSA) is 51.0 Å². The monoisotopic (exact) mass is 412 g/mol. The van der Waals surface area contributed by atoms with E-state index in [0.717, 1.165) is 22.4 Å². The second kappa shape index (κ2) is 9.17. The van der Waals surface area contributed by atoms with E-state index in [0.29, 0.717) is 12.2 Å². The summed E-state index contributed by atoms with van der Waals surface area (Å²) < 4.78 is 15.2. The van der Waals surface area contributed by atoms with E-state index in [1.165, 1.54) is 18.2 Å². The molecule has 2 aromatic heterocycles. The number of amides is 1. The van der Waals surface area contributed by atoms with Gasteiger partial charge in [0.05, 0.1) is 11.4 Å². The van der Waals surface area contributed by atoms with Crippen LogP contribution in [0.5, 0.6) is 0 Å². The van der Waals surface area contributed by atoms with Crippen LogP contribution in [0, 0.1) is 5.82 Å². The van der Waals surface area contributed by atoms with E-state index < -0.39 is 0 Å². The van der Waals surface area contributed by atoms with Crippen LogP contribution in [0.4, 0.5) is 4.39 Å². The van der Waals surface area contributed by atoms with Gasteiger partial charge in [-0.15, -0.1) is 0 Å². The van der Waals surface area contributed by atoms with E-state index in [2.05, 4.69) is 10.1 Å². The second-order valence-electron chi connectivity index (χ2n) is 7.11. The van der Waals surface area contributed by atoms with Crippen LogP contribution in [0.2, 0.25) is 0 Å². The third kappa shape index (κ3) is 4.93. The first-order chi connectivity index (χ1) is 15.1. The molecular formula is C25H21FN4O. The summed E-state index contributed by atoms with van der Waals surface area (Å²) in [4.78, 5) is 18.3. The zero-order valence-corrected chi connectivity index (χ0v) is 17.0. The standard InChI is InChI=1S/C25H21FN4O/c1-29(17-19-6-5-15-27-16-19)24(31)14-11-21-18-30(23-7-3-2-4-8-23)28-25(21)20-9-12-22(26)13-10-20/h2-16,18H,17H2,1H3. The van der Waals surface area contributed by atoms with Crippen molar-refractivity contribution in [3.63, 3.8) is 0 Å². The molecule has 0 fully saturated rings. The lowest BCUT2D eigenvalue weighted by molar-refractivity contribution is -0.125. The molecular weight excluding hydrogens is 391 g/mol. The number of pyridine rings is 1. The van der Waals surface area contributed by atoms with Crippen molar-refractivity contribution in [2.75, 3.05) is 7.05 Å². The van der Waals surface area contributed by atoms with Crippen molar-refractivity contribution in [2.45, 2.75) is 6.54 Å². The van der Waals surface area contributed by atoms with E-state index in [-0.39, 0.29) is 11.7 Å². The van der Waals surface area contributed by atoms with Gasteiger partial charge >= 0.3 is 0 Å². The van der Waals surface area contributed by atoms with Gasteiger partial charge in [0, 0.05) is 49.4 Å². The van der Waals surface area contributed by atoms with Gasteiger partial charge in [-0.05, 0) is 54.1 Å². The molecule has 0 aliphatic rings. The molecule has 2 aromatic carbocycles. The molecule has 0 N–H and O–H groups in total. The number of para-hydroxylation sites is 1. The summed E-state index contributed by atoms with van der Waals surface area (Å²) in [6, 6.07) is 19.6. The fourth-order valence-electron chi connectivity index (χ4n) is 3.19. The van der Waals surface area contributed by atoms with Gasteiger partial charge in [0.15, 0.2) is 0 Å². The molecule has 31 heavy (non-hydrogen) atoms. The number of rotatable bonds is 6. The van der Waals surface area contributed by atoms with Gasteiger partial charge < -0.3 is 4.90 Å². The van der Waals surface area contributed by atoms with Crippen LogP contribution in [0.1, 0.15) is 11.1 Å². The lowest BCUT2D eigenvalue weighted by Crippen LogP contribution is -2.24. The van der Waals surface area contributed by atoms with Crippen molar-refractivity contribution < 1.29 is 9.18 Å². The first-order valence-electron chi connectivity index (χ1n) is 9.83. The summed E-state index contributed by atoms with van der Waals surface area (Å²) in [6.45, 7) is 0.463. The van der Waals surface area contributed by atoms with Crippen LogP contribution in [-0.2, 0) is 11.3 Å². The number of nitrogens with zero attached hydrogens (tertiary/aromatic N) is 4. The normalized spacial score (nSPS) is 11.0. The summed E-state index contributed by atoms with van der Waals surface area (Å²) >= 11 is 0. The number of carbonyl (C=O) groups excluding carboxylic acids is 1. The highest BCUT2D eigenvalue weighted by Gasteiger charge is 2.12. The van der Waals surface area contributed by atoms with Crippen molar-refractivity contribution in [2.24, 2.45) is 0 Å². The third-order valence-electron chi connectivity index (χ3n) is 4.81. The van der Waals surface area contributed by atoms with E-state index in [9.17, 15) is 9.18 Å². The van der Waals surface area contributed by atoms with Crippen LogP contribution < -0.4 is 0 Å². The molecule has 6 heteroatoms. The average Bonchev–Trinajstić information content (AvgIpc) is 3.23. The Morgan fingerprint density at radius 1 is 1.06 bits per heavy atom. The smallest absolute Gasteiger partial charge is 0.246 e. The summed E-state index contributed by atoms with van der Waals surface area (Å²) in [5.74, 6) is -0.447. The Bertz CT molecular complexity index is 1190. The van der Waals surface area contributed by atoms with Crippen LogP contribution >= 0.6 is 0 Å². The Balaban J connectivity index is 1.62. The van der Waals surface area contributed by atoms with Gasteiger partial charge in [0.1, 0.15) is 5.82 Å². The molecule has 4 aromatic rings. The van der Waals surface area contributed by atoms with Crippen molar-refractivity contribution >= 4 is 12.0 Å². The van der Waals surface area contributed by atoms with Crippen molar-refractivity contribution in [3.05, 3.63) is 108 Å². The minimum absolute atomic E-state index is 0.138. The largest absolute Gasteiger partial charge is 0.338 e. The maximum Gasteiger partial charge on any atom is 0.246 e. The Kier molecular flexibility index (Phi) is 5.98. The predicted octanol–water partition coefficient (Wildman–Crippen LogP) is 4.75. The zero-order chi connectivity index (χ0) is 21.6. The number of hydrogen-bond donors (Lipinski definition) is 0. The fraction of sp³-hybridized carbons (Fsp3) is 0.0800. The van der Waals surface area contributed by atoms with Crippen LogP contribution in [0.25, 0.3) is 23.0 Å². The number of likely N-dealkylation sites (N-methyl/N-ethyl adjacent to an activating group) is 1. The highest BCUT2D eigenvalue weighted by Crippen LogP contribution is 2.25. The Labute approximate surface area is 180 Å². The highest BCUT2D eigenvalue weighted by atomic mass is 19.1. The van der Waals surface area contributed by atoms with E-state index in [4.69, 9.17) is 0 Å². The molecule has 0 unspecified atom stereocenters. The average molecular weight is 412 g/mol. The second-order valence-corrected chi connectivity index (χ2v) is 7.11. The summed E-state index contributed by atoms with van der Waals surface area (Å²) in [7, 11) is 1.74. The van der Waals surface area contributed by atoms with Gasteiger partial charge in [-0.1, -0.05) is 24.3 Å². The first kappa shape index (κ1) is 20.2. The van der Waals surface area contributed by atoms with Crippen molar-refractivity contribution in [1.82, 2.24) is 19.7 Å². The zero-order valence-electron chi connectivity index (χ0n) is 17.0. The molecule has 5 nitrogen and oxygen atoms in total. The highest BCUT2D eigenvalue weighted by molar-refractivity contribution is 5.92. The number of hydrogen-bond acceptors (Lipinski definition) is 3. The number of halogens is 1. The third-order valence-corrected chi connectivity index (χ3v) is 4.81. The van der Waals surface area contributed by atoms with Gasteiger partial charge in [0.2, 0.25) is 5.91 Å². The maximum absolute atomic E-state index is 13.4. The molecule has 0 spiro atoms. The molecule has 154 valence electrons. The SMILES string of the molecule is CN(Cc1cccnc1)C(=O)C=Cc1cn(-c2ccccc2)nc1-c1ccc(F)cc1. The Hall–Kier alpha value is -4.06. The number of carbonyl (C=O) groups is 1. The molecule has 0 saturated carbocycles. The van der Waals surface area contributed by atoms with Gasteiger partial charge in [-0.25, -0.2) is 9.07 Å². The molecule has 0 bridgehead atoms. The molecule has 0 saturated heterocycles. The fourth-order valence-corrected chi connectivity index (χ4v) is 3.19. The molecule has 2 heterocycles. The summed E-state index contributed by atoms with van der Waals surface area (Å²) in [5.41, 5.74) is 4.05. The molecule has 0 aliphatic heterocycles. The quantitative estimate of drug-likeness (QED) is 0.430. The van der Waals surface area contributed by atoms with E-state index >= 15 is 0 Å². The Morgan fingerprint density at radius 2 is 1.84 bits per heavy atom. The number of aromatic nitrogens is 3. The van der Waals surface area contributed by atoms with Crippen LogP contribution in [-0.4, -0.2) is 32.6 Å². The summed E-state index contributed by atoms with van der Waals surface area (Å²) in [5, 5.41) is 4.68. The van der Waals surface area contributed by atoms with Crippen LogP contribution in [0.15, 0.2) is 91.4 Å². The molecule has 0 atom stereocenters. The number of benzene rings is 2. The summed E-state index contributed by atoms with van der Waals surface area (Å²) in [6.07, 6.45) is 8.57. The minimum atomic E-state index is -0.310. The minimum Gasteiger partial charge on any atom is -0.338 e. The molecule has 0 aliphatic carbocycles. The van der Waals surface area contributed by atoms with E-state index in [1.807, 2.05) is 48.7 Å². The molecule has 1 amide bonds. The lowest BCUT2D eigenvalue weighted by atomic mass is 10.1. The van der Waals surface area contributed by atoms with Crippen molar-refractivity contribution in [3.8, 4) is 16.9 Å².